The molecule has 0 saturated heterocycles. The number of amides is 2. The molecule has 0 saturated carbocycles. The number of carbonyl (C=O) groups is 2. The van der Waals surface area contributed by atoms with E-state index in [1.165, 1.54) is 12.1 Å². The second-order valence-corrected chi connectivity index (χ2v) is 6.55. The third-order valence-electron chi connectivity index (χ3n) is 4.52. The van der Waals surface area contributed by atoms with Crippen LogP contribution in [0.4, 0.5) is 10.1 Å². The van der Waals surface area contributed by atoms with Crippen molar-refractivity contribution in [2.24, 2.45) is 0 Å². The monoisotopic (exact) mass is 391 g/mol. The van der Waals surface area contributed by atoms with E-state index >= 15 is 0 Å². The highest BCUT2D eigenvalue weighted by molar-refractivity contribution is 5.86. The van der Waals surface area contributed by atoms with Crippen LogP contribution in [0.15, 0.2) is 42.5 Å². The second kappa shape index (κ2) is 9.37. The summed E-state index contributed by atoms with van der Waals surface area (Å²) in [4.78, 5) is 24.1. The Morgan fingerprint density at radius 1 is 1.15 bits per heavy atom. The van der Waals surface area contributed by atoms with Gasteiger partial charge in [-0.05, 0) is 60.2 Å². The van der Waals surface area contributed by atoms with Crippen molar-refractivity contribution in [3.8, 4) is 0 Å². The van der Waals surface area contributed by atoms with Crippen LogP contribution >= 0.6 is 12.4 Å². The summed E-state index contributed by atoms with van der Waals surface area (Å²) >= 11 is 0. The Bertz CT molecular complexity index is 829. The quantitative estimate of drug-likeness (QED) is 0.685. The highest BCUT2D eigenvalue weighted by Crippen LogP contribution is 2.30. The number of anilines is 1. The molecular formula is C20H23ClFN3O2. The van der Waals surface area contributed by atoms with Crippen molar-refractivity contribution in [3.05, 3.63) is 65.0 Å². The number of hydrogen-bond donors (Lipinski definition) is 3. The first kappa shape index (κ1) is 20.7. The van der Waals surface area contributed by atoms with E-state index in [-0.39, 0.29) is 49.0 Å². The number of carbonyl (C=O) groups excluding carboxylic acids is 2. The molecule has 1 unspecified atom stereocenters. The van der Waals surface area contributed by atoms with Crippen LogP contribution in [0.2, 0.25) is 0 Å². The third-order valence-corrected chi connectivity index (χ3v) is 4.52. The van der Waals surface area contributed by atoms with Gasteiger partial charge >= 0.3 is 0 Å². The Morgan fingerprint density at radius 3 is 2.74 bits per heavy atom. The van der Waals surface area contributed by atoms with Crippen molar-refractivity contribution in [1.82, 2.24) is 10.6 Å². The van der Waals surface area contributed by atoms with Gasteiger partial charge < -0.3 is 16.4 Å². The number of halogens is 2. The van der Waals surface area contributed by atoms with Crippen molar-refractivity contribution >= 4 is 29.9 Å². The lowest BCUT2D eigenvalue weighted by atomic mass is 9.87. The molecule has 4 N–H and O–H groups in total. The van der Waals surface area contributed by atoms with E-state index in [1.54, 1.807) is 12.1 Å². The fourth-order valence-electron chi connectivity index (χ4n) is 3.30. The van der Waals surface area contributed by atoms with Crippen molar-refractivity contribution in [3.63, 3.8) is 0 Å². The number of benzene rings is 2. The highest BCUT2D eigenvalue weighted by Gasteiger charge is 2.22. The molecule has 27 heavy (non-hydrogen) atoms. The van der Waals surface area contributed by atoms with Gasteiger partial charge in [0.05, 0.1) is 19.0 Å². The molecule has 144 valence electrons. The highest BCUT2D eigenvalue weighted by atomic mass is 35.5. The first-order chi connectivity index (χ1) is 12.5. The first-order valence-electron chi connectivity index (χ1n) is 8.70. The molecule has 2 aromatic rings. The van der Waals surface area contributed by atoms with E-state index in [9.17, 15) is 14.0 Å². The van der Waals surface area contributed by atoms with Gasteiger partial charge in [-0.3, -0.25) is 9.59 Å². The molecule has 0 aliphatic heterocycles. The van der Waals surface area contributed by atoms with Gasteiger partial charge in [-0.1, -0.05) is 18.2 Å². The lowest BCUT2D eigenvalue weighted by Crippen LogP contribution is -2.40. The minimum atomic E-state index is -0.385. The molecule has 0 heterocycles. The Labute approximate surface area is 163 Å². The molecular weight excluding hydrogens is 369 g/mol. The van der Waals surface area contributed by atoms with Gasteiger partial charge in [-0.15, -0.1) is 12.4 Å². The average Bonchev–Trinajstić information content (AvgIpc) is 2.60. The van der Waals surface area contributed by atoms with Gasteiger partial charge in [0.1, 0.15) is 5.82 Å². The van der Waals surface area contributed by atoms with Gasteiger partial charge in [0.15, 0.2) is 0 Å². The summed E-state index contributed by atoms with van der Waals surface area (Å²) in [5, 5.41) is 5.55. The standard InChI is InChI=1S/C20H22FN3O2.ClH/c21-15-5-1-3-13(9-15)10-19(25)23-12-20(26)24-18-6-2-4-14-11-16(22)7-8-17(14)18;/h1,3,5,7-9,11,18H,2,4,6,10,12,22H2,(H,23,25)(H,24,26);1H. The predicted octanol–water partition coefficient (Wildman–Crippen LogP) is 2.68. The zero-order chi connectivity index (χ0) is 18.5. The van der Waals surface area contributed by atoms with Crippen LogP contribution in [0.25, 0.3) is 0 Å². The molecule has 3 rings (SSSR count). The van der Waals surface area contributed by atoms with Gasteiger partial charge in [-0.25, -0.2) is 4.39 Å². The summed E-state index contributed by atoms with van der Waals surface area (Å²) in [6, 6.07) is 11.5. The maximum Gasteiger partial charge on any atom is 0.239 e. The molecule has 1 atom stereocenters. The van der Waals surface area contributed by atoms with Crippen LogP contribution in [-0.2, 0) is 22.4 Å². The Hall–Kier alpha value is -2.60. The lowest BCUT2D eigenvalue weighted by Gasteiger charge is -2.26. The molecule has 0 bridgehead atoms. The Morgan fingerprint density at radius 2 is 1.96 bits per heavy atom. The predicted molar refractivity (Wildman–Crippen MR) is 105 cm³/mol. The number of fused-ring (bicyclic) bond motifs is 1. The molecule has 0 radical (unpaired) electrons. The summed E-state index contributed by atoms with van der Waals surface area (Å²) < 4.78 is 13.1. The minimum Gasteiger partial charge on any atom is -0.399 e. The fourth-order valence-corrected chi connectivity index (χ4v) is 3.30. The van der Waals surface area contributed by atoms with E-state index in [1.807, 2.05) is 18.2 Å². The summed E-state index contributed by atoms with van der Waals surface area (Å²) in [5.41, 5.74) is 9.37. The number of nitrogen functional groups attached to an aromatic ring is 1. The Balaban J connectivity index is 0.00000261. The molecule has 0 fully saturated rings. The van der Waals surface area contributed by atoms with Crippen LogP contribution < -0.4 is 16.4 Å². The second-order valence-electron chi connectivity index (χ2n) is 6.55. The molecule has 0 spiro atoms. The van der Waals surface area contributed by atoms with E-state index < -0.39 is 0 Å². The topological polar surface area (TPSA) is 84.2 Å². The molecule has 1 aliphatic rings. The van der Waals surface area contributed by atoms with E-state index in [0.717, 1.165) is 36.1 Å². The van der Waals surface area contributed by atoms with Gasteiger partial charge in [0.25, 0.3) is 0 Å². The lowest BCUT2D eigenvalue weighted by molar-refractivity contribution is -0.126. The molecule has 2 aromatic carbocycles. The number of aryl methyl sites for hydroxylation is 1. The van der Waals surface area contributed by atoms with E-state index in [2.05, 4.69) is 10.6 Å². The van der Waals surface area contributed by atoms with Crippen LogP contribution in [0.3, 0.4) is 0 Å². The van der Waals surface area contributed by atoms with Gasteiger partial charge in [-0.2, -0.15) is 0 Å². The SMILES string of the molecule is Cl.Nc1ccc2c(c1)CCCC2NC(=O)CNC(=O)Cc1cccc(F)c1. The molecule has 2 amide bonds. The summed E-state index contributed by atoms with van der Waals surface area (Å²) in [5.74, 6) is -0.945. The Kier molecular flexibility index (Phi) is 7.19. The van der Waals surface area contributed by atoms with E-state index in [0.29, 0.717) is 5.56 Å². The maximum atomic E-state index is 13.1. The number of rotatable bonds is 5. The molecule has 5 nitrogen and oxygen atoms in total. The summed E-state index contributed by atoms with van der Waals surface area (Å²) in [6.45, 7) is -0.102. The van der Waals surface area contributed by atoms with Crippen LogP contribution in [0.5, 0.6) is 0 Å². The normalized spacial score (nSPS) is 15.2. The molecule has 1 aliphatic carbocycles. The summed E-state index contributed by atoms with van der Waals surface area (Å²) in [7, 11) is 0. The van der Waals surface area contributed by atoms with Crippen LogP contribution in [0, 0.1) is 5.82 Å². The number of hydrogen-bond acceptors (Lipinski definition) is 3. The van der Waals surface area contributed by atoms with Crippen molar-refractivity contribution in [2.75, 3.05) is 12.3 Å². The van der Waals surface area contributed by atoms with Crippen molar-refractivity contribution in [1.29, 1.82) is 0 Å². The van der Waals surface area contributed by atoms with Crippen LogP contribution in [-0.4, -0.2) is 18.4 Å². The largest absolute Gasteiger partial charge is 0.399 e. The van der Waals surface area contributed by atoms with Gasteiger partial charge in [0.2, 0.25) is 11.8 Å². The van der Waals surface area contributed by atoms with Crippen molar-refractivity contribution < 1.29 is 14.0 Å². The zero-order valence-corrected chi connectivity index (χ0v) is 15.7. The van der Waals surface area contributed by atoms with Crippen molar-refractivity contribution in [2.45, 2.75) is 31.7 Å². The molecule has 0 aromatic heterocycles. The van der Waals surface area contributed by atoms with Crippen LogP contribution in [0.1, 0.15) is 35.6 Å². The smallest absolute Gasteiger partial charge is 0.239 e. The maximum absolute atomic E-state index is 13.1. The first-order valence-corrected chi connectivity index (χ1v) is 8.70. The molecule has 7 heteroatoms. The summed E-state index contributed by atoms with van der Waals surface area (Å²) in [6.07, 6.45) is 2.83. The minimum absolute atomic E-state index is 0. The number of nitrogens with two attached hydrogens (primary N) is 1. The van der Waals surface area contributed by atoms with Gasteiger partial charge in [0, 0.05) is 5.69 Å². The van der Waals surface area contributed by atoms with E-state index in [4.69, 9.17) is 5.73 Å². The average molecular weight is 392 g/mol. The number of nitrogens with one attached hydrogen (secondary N) is 2. The zero-order valence-electron chi connectivity index (χ0n) is 14.8. The third kappa shape index (κ3) is 5.69. The fraction of sp³-hybridized carbons (Fsp3) is 0.300.